The smallest absolute Gasteiger partial charge is 0.239 e. The van der Waals surface area contributed by atoms with E-state index in [1.165, 1.54) is 6.42 Å². The van der Waals surface area contributed by atoms with Crippen LogP contribution in [0.2, 0.25) is 5.02 Å². The van der Waals surface area contributed by atoms with Crippen molar-refractivity contribution >= 4 is 48.1 Å². The lowest BCUT2D eigenvalue weighted by Crippen LogP contribution is -2.55. The van der Waals surface area contributed by atoms with Gasteiger partial charge >= 0.3 is 0 Å². The van der Waals surface area contributed by atoms with Gasteiger partial charge in [0.1, 0.15) is 5.82 Å². The third kappa shape index (κ3) is 5.11. The highest BCUT2D eigenvalue weighted by atomic mass is 35.5. The number of aromatic nitrogens is 1. The molecule has 0 aromatic carbocycles. The van der Waals surface area contributed by atoms with Crippen LogP contribution in [-0.4, -0.2) is 54.6 Å². The molecule has 0 radical (unpaired) electrons. The fourth-order valence-corrected chi connectivity index (χ4v) is 3.11. The van der Waals surface area contributed by atoms with E-state index >= 15 is 0 Å². The Balaban J connectivity index is 0.00000132. The van der Waals surface area contributed by atoms with Crippen molar-refractivity contribution in [3.05, 3.63) is 23.4 Å². The van der Waals surface area contributed by atoms with Gasteiger partial charge in [-0.1, -0.05) is 18.0 Å². The Morgan fingerprint density at radius 2 is 1.91 bits per heavy atom. The number of halogens is 3. The third-order valence-corrected chi connectivity index (χ3v) is 4.46. The number of carbonyl (C=O) groups excluding carboxylic acids is 1. The lowest BCUT2D eigenvalue weighted by Gasteiger charge is -2.37. The highest BCUT2D eigenvalue weighted by Crippen LogP contribution is 2.17. The maximum absolute atomic E-state index is 12.5. The standard InChI is InChI=1S/C15H21ClN4O.2ClH/c16-12-4-5-14(18-11-12)19-7-9-20(10-8-19)15(21)13-3-1-2-6-17-13;;/h4-5,11,13,17H,1-3,6-10H2;2*1H/t13-;;/m1../s1. The largest absolute Gasteiger partial charge is 0.353 e. The molecule has 1 aromatic rings. The summed E-state index contributed by atoms with van der Waals surface area (Å²) in [7, 11) is 0. The first-order chi connectivity index (χ1) is 10.2. The number of piperidine rings is 1. The van der Waals surface area contributed by atoms with Gasteiger partial charge in [-0.2, -0.15) is 0 Å². The Kier molecular flexibility index (Phi) is 8.40. The topological polar surface area (TPSA) is 48.5 Å². The molecule has 1 N–H and O–H groups in total. The zero-order chi connectivity index (χ0) is 14.7. The van der Waals surface area contributed by atoms with Gasteiger partial charge in [-0.3, -0.25) is 4.79 Å². The van der Waals surface area contributed by atoms with Crippen molar-refractivity contribution in [3.63, 3.8) is 0 Å². The van der Waals surface area contributed by atoms with E-state index < -0.39 is 0 Å². The van der Waals surface area contributed by atoms with Gasteiger partial charge in [0.15, 0.2) is 0 Å². The predicted molar refractivity (Wildman–Crippen MR) is 98.2 cm³/mol. The molecule has 3 rings (SSSR count). The number of carbonyl (C=O) groups is 1. The molecule has 0 unspecified atom stereocenters. The summed E-state index contributed by atoms with van der Waals surface area (Å²) >= 11 is 5.86. The minimum Gasteiger partial charge on any atom is -0.353 e. The summed E-state index contributed by atoms with van der Waals surface area (Å²) in [5.74, 6) is 1.20. The first-order valence-electron chi connectivity index (χ1n) is 7.63. The normalized spacial score (nSPS) is 21.2. The first-order valence-corrected chi connectivity index (χ1v) is 8.00. The van der Waals surface area contributed by atoms with E-state index in [1.807, 2.05) is 17.0 Å². The van der Waals surface area contributed by atoms with E-state index in [2.05, 4.69) is 15.2 Å². The van der Waals surface area contributed by atoms with Crippen molar-refractivity contribution < 1.29 is 4.79 Å². The van der Waals surface area contributed by atoms with Crippen LogP contribution < -0.4 is 10.2 Å². The lowest BCUT2D eigenvalue weighted by molar-refractivity contribution is -0.134. The molecule has 130 valence electrons. The molecule has 2 aliphatic heterocycles. The second-order valence-corrected chi connectivity index (χ2v) is 6.09. The molecule has 23 heavy (non-hydrogen) atoms. The van der Waals surface area contributed by atoms with Gasteiger partial charge in [0, 0.05) is 32.4 Å². The highest BCUT2D eigenvalue weighted by Gasteiger charge is 2.28. The van der Waals surface area contributed by atoms with Crippen molar-refractivity contribution in [3.8, 4) is 0 Å². The van der Waals surface area contributed by atoms with Crippen LogP contribution in [0.4, 0.5) is 5.82 Å². The Labute approximate surface area is 154 Å². The SMILES string of the molecule is Cl.Cl.O=C([C@H]1CCCCN1)N1CCN(c2ccc(Cl)cn2)CC1. The summed E-state index contributed by atoms with van der Waals surface area (Å²) in [6.07, 6.45) is 4.97. The zero-order valence-corrected chi connectivity index (χ0v) is 15.3. The lowest BCUT2D eigenvalue weighted by atomic mass is 10.0. The second kappa shape index (κ2) is 9.52. The predicted octanol–water partition coefficient (Wildman–Crippen LogP) is 2.37. The maximum atomic E-state index is 12.5. The first kappa shape index (κ1) is 20.3. The molecule has 1 amide bonds. The number of hydrogen-bond acceptors (Lipinski definition) is 4. The number of pyridine rings is 1. The summed E-state index contributed by atoms with van der Waals surface area (Å²) in [5, 5.41) is 3.98. The Morgan fingerprint density at radius 3 is 2.48 bits per heavy atom. The second-order valence-electron chi connectivity index (χ2n) is 5.65. The van der Waals surface area contributed by atoms with E-state index in [-0.39, 0.29) is 36.8 Å². The summed E-state index contributed by atoms with van der Waals surface area (Å²) < 4.78 is 0. The Morgan fingerprint density at radius 1 is 1.17 bits per heavy atom. The molecular weight excluding hydrogens is 359 g/mol. The number of rotatable bonds is 2. The van der Waals surface area contributed by atoms with Crippen molar-refractivity contribution in [2.45, 2.75) is 25.3 Å². The number of hydrogen-bond donors (Lipinski definition) is 1. The number of amides is 1. The maximum Gasteiger partial charge on any atom is 0.239 e. The van der Waals surface area contributed by atoms with E-state index in [1.54, 1.807) is 6.20 Å². The zero-order valence-electron chi connectivity index (χ0n) is 12.9. The number of nitrogens with zero attached hydrogens (tertiary/aromatic N) is 3. The van der Waals surface area contributed by atoms with Crippen LogP contribution in [0.25, 0.3) is 0 Å². The van der Waals surface area contributed by atoms with Crippen molar-refractivity contribution in [1.82, 2.24) is 15.2 Å². The molecule has 2 aliphatic rings. The van der Waals surface area contributed by atoms with E-state index in [9.17, 15) is 4.79 Å². The molecule has 0 bridgehead atoms. The van der Waals surface area contributed by atoms with Gasteiger partial charge in [0.05, 0.1) is 11.1 Å². The summed E-state index contributed by atoms with van der Waals surface area (Å²) in [6.45, 7) is 4.15. The van der Waals surface area contributed by atoms with E-state index in [4.69, 9.17) is 11.6 Å². The molecule has 8 heteroatoms. The van der Waals surface area contributed by atoms with Crippen molar-refractivity contribution in [2.24, 2.45) is 0 Å². The van der Waals surface area contributed by atoms with Crippen LogP contribution in [0.1, 0.15) is 19.3 Å². The van der Waals surface area contributed by atoms with E-state index in [0.717, 1.165) is 51.4 Å². The van der Waals surface area contributed by atoms with Crippen LogP contribution in [0.3, 0.4) is 0 Å². The summed E-state index contributed by atoms with van der Waals surface area (Å²) in [6, 6.07) is 3.81. The molecule has 5 nitrogen and oxygen atoms in total. The fraction of sp³-hybridized carbons (Fsp3) is 0.600. The van der Waals surface area contributed by atoms with Crippen molar-refractivity contribution in [1.29, 1.82) is 0 Å². The minimum atomic E-state index is 0. The minimum absolute atomic E-state index is 0. The number of piperazine rings is 1. The van der Waals surface area contributed by atoms with Crippen LogP contribution in [0.15, 0.2) is 18.3 Å². The Hall–Kier alpha value is -0.750. The molecular formula is C15H23Cl3N4O. The monoisotopic (exact) mass is 380 g/mol. The van der Waals surface area contributed by atoms with Gasteiger partial charge < -0.3 is 15.1 Å². The van der Waals surface area contributed by atoms with Crippen LogP contribution in [-0.2, 0) is 4.79 Å². The van der Waals surface area contributed by atoms with Gasteiger partial charge in [0.2, 0.25) is 5.91 Å². The fourth-order valence-electron chi connectivity index (χ4n) is 2.99. The van der Waals surface area contributed by atoms with Gasteiger partial charge in [-0.15, -0.1) is 24.8 Å². The van der Waals surface area contributed by atoms with Crippen LogP contribution >= 0.6 is 36.4 Å². The summed E-state index contributed by atoms with van der Waals surface area (Å²) in [5.41, 5.74) is 0. The Bertz CT molecular complexity index is 486. The molecule has 0 aliphatic carbocycles. The number of nitrogens with one attached hydrogen (secondary N) is 1. The average molecular weight is 382 g/mol. The quantitative estimate of drug-likeness (QED) is 0.854. The number of anilines is 1. The summed E-state index contributed by atoms with van der Waals surface area (Å²) in [4.78, 5) is 21.0. The van der Waals surface area contributed by atoms with Gasteiger partial charge in [-0.05, 0) is 31.5 Å². The molecule has 2 fully saturated rings. The van der Waals surface area contributed by atoms with Crippen molar-refractivity contribution in [2.75, 3.05) is 37.6 Å². The average Bonchev–Trinajstić information content (AvgIpc) is 2.56. The highest BCUT2D eigenvalue weighted by molar-refractivity contribution is 6.30. The van der Waals surface area contributed by atoms with Gasteiger partial charge in [0.25, 0.3) is 0 Å². The third-order valence-electron chi connectivity index (χ3n) is 4.24. The molecule has 3 heterocycles. The molecule has 2 saturated heterocycles. The van der Waals surface area contributed by atoms with Crippen LogP contribution in [0, 0.1) is 0 Å². The molecule has 1 aromatic heterocycles. The van der Waals surface area contributed by atoms with E-state index in [0.29, 0.717) is 5.02 Å². The molecule has 0 spiro atoms. The molecule has 0 saturated carbocycles. The van der Waals surface area contributed by atoms with Crippen LogP contribution in [0.5, 0.6) is 0 Å². The van der Waals surface area contributed by atoms with Gasteiger partial charge in [-0.25, -0.2) is 4.98 Å². The molecule has 1 atom stereocenters.